The lowest BCUT2D eigenvalue weighted by Gasteiger charge is -2.32. The molecule has 0 bridgehead atoms. The van der Waals surface area contributed by atoms with Crippen molar-refractivity contribution in [1.82, 2.24) is 50.4 Å². The predicted octanol–water partition coefficient (Wildman–Crippen LogP) is 4.70. The van der Waals surface area contributed by atoms with Crippen molar-refractivity contribution >= 4 is 80.5 Å². The quantitative estimate of drug-likeness (QED) is 0.0197. The molecule has 2 aliphatic heterocycles. The van der Waals surface area contributed by atoms with Crippen LogP contribution in [0.4, 0.5) is 34.9 Å². The van der Waals surface area contributed by atoms with Crippen LogP contribution in [0.25, 0.3) is 32.9 Å². The molecule has 0 saturated carbocycles. The van der Waals surface area contributed by atoms with Gasteiger partial charge in [-0.3, -0.25) is 38.2 Å². The van der Waals surface area contributed by atoms with Crippen LogP contribution in [0.15, 0.2) is 67.0 Å². The number of primary amides is 1. The van der Waals surface area contributed by atoms with Crippen molar-refractivity contribution in [1.29, 1.82) is 0 Å². The summed E-state index contributed by atoms with van der Waals surface area (Å²) in [6, 6.07) is 14.1. The fourth-order valence-electron chi connectivity index (χ4n) is 10.9. The molecule has 6 aromatic rings. The average Bonchev–Trinajstić information content (AvgIpc) is 1.61. The molecule has 0 aliphatic carbocycles. The Morgan fingerprint density at radius 2 is 1.21 bits per heavy atom. The summed E-state index contributed by atoms with van der Waals surface area (Å²) in [5.41, 5.74) is 5.56. The van der Waals surface area contributed by atoms with Crippen LogP contribution < -0.4 is 31.9 Å². The van der Waals surface area contributed by atoms with Gasteiger partial charge in [0.1, 0.15) is 24.7 Å². The molecule has 8 rings (SSSR count). The molecule has 3 aromatic heterocycles. The second-order valence-electron chi connectivity index (χ2n) is 22.9. The molecule has 3 aromatic carbocycles. The van der Waals surface area contributed by atoms with Gasteiger partial charge in [-0.1, -0.05) is 24.3 Å². The summed E-state index contributed by atoms with van der Waals surface area (Å²) in [6.07, 6.45) is 2.60. The number of fused-ring (bicyclic) bond motifs is 2. The van der Waals surface area contributed by atoms with E-state index in [-0.39, 0.29) is 78.4 Å². The first-order valence-corrected chi connectivity index (χ1v) is 32.8. The van der Waals surface area contributed by atoms with Crippen LogP contribution in [0.1, 0.15) is 83.8 Å². The van der Waals surface area contributed by atoms with Crippen molar-refractivity contribution in [3.8, 4) is 11.1 Å². The van der Waals surface area contributed by atoms with E-state index in [4.69, 9.17) is 48.6 Å². The number of benzene rings is 3. The molecule has 33 heteroatoms. The van der Waals surface area contributed by atoms with E-state index < -0.39 is 78.2 Å². The van der Waals surface area contributed by atoms with Crippen molar-refractivity contribution < 1.29 is 93.8 Å². The van der Waals surface area contributed by atoms with Gasteiger partial charge in [-0.15, -0.1) is 0 Å². The summed E-state index contributed by atoms with van der Waals surface area (Å²) in [5, 5.41) is 17.7. The molecule has 99 heavy (non-hydrogen) atoms. The van der Waals surface area contributed by atoms with Gasteiger partial charge in [0.05, 0.1) is 149 Å². The number of ether oxygens (including phenoxy) is 9. The smallest absolute Gasteiger partial charge is 0.435 e. The molecule has 2 fully saturated rings. The number of halogens is 4. The summed E-state index contributed by atoms with van der Waals surface area (Å²) in [6.45, 7) is 7.05. The van der Waals surface area contributed by atoms with Gasteiger partial charge >= 0.3 is 12.1 Å². The molecule has 0 radical (unpaired) electrons. The van der Waals surface area contributed by atoms with Gasteiger partial charge in [-0.2, -0.15) is 23.4 Å². The Morgan fingerprint density at radius 1 is 0.616 bits per heavy atom. The molecule has 2 aliphatic rings. The molecule has 0 atom stereocenters. The van der Waals surface area contributed by atoms with E-state index in [1.54, 1.807) is 6.20 Å². The molecular formula is C66H85F4N13O16. The van der Waals surface area contributed by atoms with Crippen LogP contribution in [0.5, 0.6) is 0 Å². The lowest BCUT2D eigenvalue weighted by atomic mass is 9.89. The lowest BCUT2D eigenvalue weighted by Crippen LogP contribution is -2.40. The second-order valence-corrected chi connectivity index (χ2v) is 22.9. The summed E-state index contributed by atoms with van der Waals surface area (Å²) in [7, 11) is 1.11. The van der Waals surface area contributed by atoms with Gasteiger partial charge < -0.3 is 79.4 Å². The number of rotatable bonds is 42. The van der Waals surface area contributed by atoms with Gasteiger partial charge in [0.15, 0.2) is 17.2 Å². The van der Waals surface area contributed by atoms with Crippen LogP contribution in [-0.4, -0.2) is 234 Å². The van der Waals surface area contributed by atoms with Crippen LogP contribution in [0, 0.1) is 5.82 Å². The Balaban J connectivity index is 0.576. The van der Waals surface area contributed by atoms with Gasteiger partial charge in [0.25, 0.3) is 5.91 Å². The summed E-state index contributed by atoms with van der Waals surface area (Å²) < 4.78 is 110. The predicted molar refractivity (Wildman–Crippen MR) is 350 cm³/mol. The number of nitrogens with two attached hydrogens (primary N) is 1. The number of carbonyl (C=O) groups excluding carboxylic acids is 7. The first-order chi connectivity index (χ1) is 48.0. The highest BCUT2D eigenvalue weighted by Gasteiger charge is 2.39. The molecular weight excluding hydrogens is 1310 g/mol. The number of alkyl halides is 3. The van der Waals surface area contributed by atoms with Crippen LogP contribution in [0.2, 0.25) is 0 Å². The monoisotopic (exact) mass is 1390 g/mol. The maximum Gasteiger partial charge on any atom is 0.435 e. The summed E-state index contributed by atoms with van der Waals surface area (Å²) >= 11 is 0. The SMILES string of the molecule is COC(=O)CNC(=O)CNC(=O)Cn1nc(C(F)(F)F)c2c(-c3cc4c(cnn4C(=O)CCC(=O)NCCOCCOCCOCCOCCOCCOCCOCCOCCC(=O)N4CCC(c5ccc(Nc6nc(N7CCCCC7)cnc6C(N)=O)cc5)CC4)cc3F)cccc21. The third-order valence-electron chi connectivity index (χ3n) is 16.0. The maximum absolute atomic E-state index is 15.8. The number of likely N-dealkylation sites (tertiary alicyclic amines) is 1. The number of hydrogen-bond acceptors (Lipinski definition) is 22. The highest BCUT2D eigenvalue weighted by atomic mass is 19.4. The Hall–Kier alpha value is -8.83. The molecule has 538 valence electrons. The van der Waals surface area contributed by atoms with E-state index in [1.165, 1.54) is 42.4 Å². The fraction of sp³-hybridized carbons (Fsp3) is 0.530. The third kappa shape index (κ3) is 24.0. The molecule has 0 unspecified atom stereocenters. The van der Waals surface area contributed by atoms with Crippen LogP contribution >= 0.6 is 0 Å². The number of nitrogens with zero attached hydrogens (tertiary/aromatic N) is 8. The Labute approximate surface area is 568 Å². The van der Waals surface area contributed by atoms with Gasteiger partial charge in [-0.25, -0.2) is 19.0 Å². The van der Waals surface area contributed by atoms with E-state index in [2.05, 4.69) is 58.2 Å². The zero-order chi connectivity index (χ0) is 70.4. The van der Waals surface area contributed by atoms with E-state index in [9.17, 15) is 46.7 Å². The molecule has 5 amide bonds. The van der Waals surface area contributed by atoms with Crippen molar-refractivity contribution in [2.24, 2.45) is 5.73 Å². The Kier molecular flexibility index (Phi) is 30.4. The van der Waals surface area contributed by atoms with Crippen LogP contribution in [-0.2, 0) is 79.3 Å². The zero-order valence-corrected chi connectivity index (χ0v) is 55.3. The van der Waals surface area contributed by atoms with E-state index in [0.717, 1.165) is 72.8 Å². The second kappa shape index (κ2) is 39.7. The number of esters is 1. The first kappa shape index (κ1) is 75.9. The third-order valence-corrected chi connectivity index (χ3v) is 16.0. The zero-order valence-electron chi connectivity index (χ0n) is 55.3. The number of aromatic nitrogens is 6. The minimum atomic E-state index is -5.06. The average molecular weight is 1390 g/mol. The lowest BCUT2D eigenvalue weighted by molar-refractivity contribution is -0.141. The van der Waals surface area contributed by atoms with Crippen LogP contribution in [0.3, 0.4) is 0 Å². The minimum absolute atomic E-state index is 0.0583. The van der Waals surface area contributed by atoms with Crippen molar-refractivity contribution in [3.63, 3.8) is 0 Å². The van der Waals surface area contributed by atoms with E-state index in [1.807, 2.05) is 17.0 Å². The summed E-state index contributed by atoms with van der Waals surface area (Å²) in [5.74, 6) is -3.62. The minimum Gasteiger partial charge on any atom is -0.468 e. The normalized spacial score (nSPS) is 13.6. The highest BCUT2D eigenvalue weighted by Crippen LogP contribution is 2.41. The number of amides is 5. The summed E-state index contributed by atoms with van der Waals surface area (Å²) in [4.78, 5) is 100. The number of hydrogen-bond donors (Lipinski definition) is 5. The number of anilines is 3. The number of piperidine rings is 2. The number of methoxy groups -OCH3 is 1. The topological polar surface area (TPSA) is 345 Å². The van der Waals surface area contributed by atoms with Gasteiger partial charge in [0.2, 0.25) is 29.5 Å². The molecule has 0 spiro atoms. The molecule has 6 N–H and O–H groups in total. The molecule has 29 nitrogen and oxygen atoms in total. The number of nitrogens with one attached hydrogen (secondary N) is 4. The van der Waals surface area contributed by atoms with Gasteiger partial charge in [-0.05, 0) is 79.5 Å². The fourth-order valence-corrected chi connectivity index (χ4v) is 10.9. The van der Waals surface area contributed by atoms with Crippen molar-refractivity contribution in [3.05, 3.63) is 89.8 Å². The van der Waals surface area contributed by atoms with E-state index >= 15 is 4.39 Å². The molecule has 5 heterocycles. The van der Waals surface area contributed by atoms with Crippen molar-refractivity contribution in [2.45, 2.75) is 70.0 Å². The highest BCUT2D eigenvalue weighted by molar-refractivity contribution is 6.01. The largest absolute Gasteiger partial charge is 0.468 e. The Bertz CT molecular complexity index is 3620. The standard InChI is InChI=1S/C66H85F4N13O16/c1-91-60(89)43-74-56(85)42-73-57(86)44-82-52-7-5-6-49(61(52)63(79-82)66(68,69)70)50-39-53-47(38-51(50)67)40-76-83(53)59(88)13-12-55(84)72-17-23-93-25-27-95-29-31-97-33-35-99-37-36-98-34-32-96-30-28-94-26-24-92-22-16-58(87)81-20-14-46(15-21-81)45-8-10-48(11-9-45)77-65-62(64(71)90)75-41-54(78-65)80-18-3-2-4-19-80/h5-11,38-41,46H,2-4,12-37,42-44H2,1H3,(H2,71,90)(H,72,84)(H,73,86)(H,74,85)(H,77,78). The van der Waals surface area contributed by atoms with Crippen molar-refractivity contribution in [2.75, 3.05) is 169 Å². The molecule has 2 saturated heterocycles. The number of carbonyl (C=O) groups is 7. The maximum atomic E-state index is 15.8. The Morgan fingerprint density at radius 3 is 1.81 bits per heavy atom. The first-order valence-electron chi connectivity index (χ1n) is 32.8. The van der Waals surface area contributed by atoms with Gasteiger partial charge in [0, 0.05) is 67.6 Å². The van der Waals surface area contributed by atoms with E-state index in [0.29, 0.717) is 117 Å².